The lowest BCUT2D eigenvalue weighted by Gasteiger charge is -2.05. The second-order valence-electron chi connectivity index (χ2n) is 3.82. The van der Waals surface area contributed by atoms with E-state index >= 15 is 0 Å². The van der Waals surface area contributed by atoms with Gasteiger partial charge in [-0.25, -0.2) is 0 Å². The van der Waals surface area contributed by atoms with E-state index < -0.39 is 5.92 Å². The molecular formula is C14H16O2. The number of allylic oxidation sites excluding steroid dienone is 1. The molecule has 16 heavy (non-hydrogen) atoms. The zero-order valence-electron chi connectivity index (χ0n) is 9.64. The van der Waals surface area contributed by atoms with Gasteiger partial charge < -0.3 is 0 Å². The van der Waals surface area contributed by atoms with Gasteiger partial charge in [-0.05, 0) is 25.8 Å². The minimum Gasteiger partial charge on any atom is -0.299 e. The SMILES string of the molecule is CC(=O)C(CC=Cc1ccccc1)C(C)=O. The molecule has 84 valence electrons. The van der Waals surface area contributed by atoms with Crippen molar-refractivity contribution in [3.63, 3.8) is 0 Å². The van der Waals surface area contributed by atoms with E-state index in [0.29, 0.717) is 6.42 Å². The second kappa shape index (κ2) is 6.01. The van der Waals surface area contributed by atoms with Crippen molar-refractivity contribution in [3.05, 3.63) is 42.0 Å². The Balaban J connectivity index is 2.59. The van der Waals surface area contributed by atoms with Gasteiger partial charge in [0, 0.05) is 0 Å². The average Bonchev–Trinajstić information content (AvgIpc) is 2.24. The van der Waals surface area contributed by atoms with Crippen LogP contribution >= 0.6 is 0 Å². The largest absolute Gasteiger partial charge is 0.299 e. The van der Waals surface area contributed by atoms with E-state index in [0.717, 1.165) is 5.56 Å². The number of hydrogen-bond acceptors (Lipinski definition) is 2. The lowest BCUT2D eigenvalue weighted by atomic mass is 9.96. The third kappa shape index (κ3) is 3.81. The number of benzene rings is 1. The van der Waals surface area contributed by atoms with Gasteiger partial charge in [0.1, 0.15) is 11.6 Å². The highest BCUT2D eigenvalue weighted by molar-refractivity contribution is 6.00. The molecule has 0 aliphatic carbocycles. The van der Waals surface area contributed by atoms with Crippen molar-refractivity contribution in [1.82, 2.24) is 0 Å². The first-order valence-corrected chi connectivity index (χ1v) is 5.33. The predicted octanol–water partition coefficient (Wildman–Crippen LogP) is 2.88. The van der Waals surface area contributed by atoms with Crippen LogP contribution in [0.15, 0.2) is 36.4 Å². The topological polar surface area (TPSA) is 34.1 Å². The van der Waals surface area contributed by atoms with Crippen LogP contribution in [0, 0.1) is 5.92 Å². The van der Waals surface area contributed by atoms with Gasteiger partial charge in [-0.3, -0.25) is 9.59 Å². The van der Waals surface area contributed by atoms with Crippen LogP contribution in [-0.2, 0) is 9.59 Å². The molecule has 0 bridgehead atoms. The molecule has 0 aromatic heterocycles. The summed E-state index contributed by atoms with van der Waals surface area (Å²) in [6.45, 7) is 2.92. The van der Waals surface area contributed by atoms with Gasteiger partial charge >= 0.3 is 0 Å². The molecule has 0 spiro atoms. The van der Waals surface area contributed by atoms with Crippen LogP contribution in [0.5, 0.6) is 0 Å². The highest BCUT2D eigenvalue weighted by Crippen LogP contribution is 2.09. The van der Waals surface area contributed by atoms with E-state index in [9.17, 15) is 9.59 Å². The van der Waals surface area contributed by atoms with Crippen molar-refractivity contribution in [3.8, 4) is 0 Å². The number of carbonyl (C=O) groups excluding carboxylic acids is 2. The summed E-state index contributed by atoms with van der Waals surface area (Å²) in [6.07, 6.45) is 4.29. The van der Waals surface area contributed by atoms with E-state index in [2.05, 4.69) is 0 Å². The zero-order valence-corrected chi connectivity index (χ0v) is 9.64. The molecular weight excluding hydrogens is 200 g/mol. The van der Waals surface area contributed by atoms with E-state index in [4.69, 9.17) is 0 Å². The predicted molar refractivity (Wildman–Crippen MR) is 64.9 cm³/mol. The molecule has 1 aromatic carbocycles. The Bertz CT molecular complexity index is 376. The molecule has 1 aromatic rings. The van der Waals surface area contributed by atoms with Gasteiger partial charge in [0.05, 0.1) is 5.92 Å². The molecule has 0 heterocycles. The van der Waals surface area contributed by atoms with Gasteiger partial charge in [-0.2, -0.15) is 0 Å². The minimum absolute atomic E-state index is 0.0646. The van der Waals surface area contributed by atoms with Gasteiger partial charge in [0.15, 0.2) is 0 Å². The van der Waals surface area contributed by atoms with Gasteiger partial charge in [0.2, 0.25) is 0 Å². The molecule has 0 unspecified atom stereocenters. The van der Waals surface area contributed by atoms with Crippen molar-refractivity contribution >= 4 is 17.6 Å². The van der Waals surface area contributed by atoms with Crippen molar-refractivity contribution in [2.24, 2.45) is 5.92 Å². The van der Waals surface area contributed by atoms with E-state index in [1.807, 2.05) is 42.5 Å². The number of rotatable bonds is 5. The summed E-state index contributed by atoms with van der Waals surface area (Å²) in [7, 11) is 0. The molecule has 0 fully saturated rings. The highest BCUT2D eigenvalue weighted by atomic mass is 16.1. The van der Waals surface area contributed by atoms with Gasteiger partial charge in [0.25, 0.3) is 0 Å². The van der Waals surface area contributed by atoms with Crippen LogP contribution in [0.25, 0.3) is 6.08 Å². The quantitative estimate of drug-likeness (QED) is 0.709. The Morgan fingerprint density at radius 3 is 2.19 bits per heavy atom. The first-order chi connectivity index (χ1) is 7.61. The first-order valence-electron chi connectivity index (χ1n) is 5.33. The van der Waals surface area contributed by atoms with Gasteiger partial charge in [-0.1, -0.05) is 42.5 Å². The molecule has 0 saturated carbocycles. The fraction of sp³-hybridized carbons (Fsp3) is 0.286. The summed E-state index contributed by atoms with van der Waals surface area (Å²) in [5.74, 6) is -0.615. The van der Waals surface area contributed by atoms with Crippen molar-refractivity contribution < 1.29 is 9.59 Å². The Hall–Kier alpha value is -1.70. The van der Waals surface area contributed by atoms with E-state index in [1.54, 1.807) is 0 Å². The molecule has 0 N–H and O–H groups in total. The monoisotopic (exact) mass is 216 g/mol. The maximum absolute atomic E-state index is 11.2. The summed E-state index contributed by atoms with van der Waals surface area (Å²) in [6, 6.07) is 9.81. The van der Waals surface area contributed by atoms with Crippen LogP contribution < -0.4 is 0 Å². The van der Waals surface area contributed by atoms with Crippen LogP contribution in [-0.4, -0.2) is 11.6 Å². The number of Topliss-reactive ketones (excluding diaryl/α,β-unsaturated/α-hetero) is 2. The lowest BCUT2D eigenvalue weighted by Crippen LogP contribution is -2.18. The Morgan fingerprint density at radius 2 is 1.69 bits per heavy atom. The maximum Gasteiger partial charge on any atom is 0.140 e. The zero-order chi connectivity index (χ0) is 12.0. The van der Waals surface area contributed by atoms with Crippen LogP contribution in [0.4, 0.5) is 0 Å². The summed E-state index contributed by atoms with van der Waals surface area (Å²) in [5.41, 5.74) is 1.08. The molecule has 0 aliphatic heterocycles. The van der Waals surface area contributed by atoms with E-state index in [1.165, 1.54) is 13.8 Å². The molecule has 2 heteroatoms. The molecule has 1 rings (SSSR count). The summed E-state index contributed by atoms with van der Waals surface area (Å²) in [5, 5.41) is 0. The Kier molecular flexibility index (Phi) is 4.65. The third-order valence-electron chi connectivity index (χ3n) is 2.46. The van der Waals surface area contributed by atoms with E-state index in [-0.39, 0.29) is 11.6 Å². The van der Waals surface area contributed by atoms with Crippen molar-refractivity contribution in [1.29, 1.82) is 0 Å². The average molecular weight is 216 g/mol. The fourth-order valence-corrected chi connectivity index (χ4v) is 1.52. The third-order valence-corrected chi connectivity index (χ3v) is 2.46. The maximum atomic E-state index is 11.2. The minimum atomic E-state index is -0.486. The molecule has 0 saturated heterocycles. The molecule has 0 atom stereocenters. The standard InChI is InChI=1S/C14H16O2/c1-11(15)14(12(2)16)10-6-9-13-7-4-3-5-8-13/h3-9,14H,10H2,1-2H3. The van der Waals surface area contributed by atoms with Crippen molar-refractivity contribution in [2.45, 2.75) is 20.3 Å². The van der Waals surface area contributed by atoms with Crippen LogP contribution in [0.1, 0.15) is 25.8 Å². The Morgan fingerprint density at radius 1 is 1.12 bits per heavy atom. The summed E-state index contributed by atoms with van der Waals surface area (Å²) in [4.78, 5) is 22.3. The number of carbonyl (C=O) groups is 2. The Labute approximate surface area is 96.0 Å². The number of hydrogen-bond donors (Lipinski definition) is 0. The molecule has 2 nitrogen and oxygen atoms in total. The summed E-state index contributed by atoms with van der Waals surface area (Å²) >= 11 is 0. The molecule has 0 aliphatic rings. The smallest absolute Gasteiger partial charge is 0.140 e. The number of ketones is 2. The summed E-state index contributed by atoms with van der Waals surface area (Å²) < 4.78 is 0. The van der Waals surface area contributed by atoms with Crippen LogP contribution in [0.3, 0.4) is 0 Å². The highest BCUT2D eigenvalue weighted by Gasteiger charge is 2.16. The lowest BCUT2D eigenvalue weighted by molar-refractivity contribution is -0.130. The molecule has 0 amide bonds. The first kappa shape index (κ1) is 12.4. The second-order valence-corrected chi connectivity index (χ2v) is 3.82. The normalized spacial score (nSPS) is 10.9. The van der Waals surface area contributed by atoms with Crippen LogP contribution in [0.2, 0.25) is 0 Å². The van der Waals surface area contributed by atoms with Gasteiger partial charge in [-0.15, -0.1) is 0 Å². The molecule has 0 radical (unpaired) electrons. The fourth-order valence-electron chi connectivity index (χ4n) is 1.52. The van der Waals surface area contributed by atoms with Crippen molar-refractivity contribution in [2.75, 3.05) is 0 Å².